The molecule has 0 bridgehead atoms. The van der Waals surface area contributed by atoms with Crippen molar-refractivity contribution in [2.24, 2.45) is 0 Å². The van der Waals surface area contributed by atoms with Gasteiger partial charge >= 0.3 is 11.9 Å². The number of nitrogens with zero attached hydrogens (tertiary/aromatic N) is 2. The van der Waals surface area contributed by atoms with Crippen LogP contribution < -0.4 is 4.90 Å². The highest BCUT2D eigenvalue weighted by atomic mass is 19.1. The number of esters is 2. The van der Waals surface area contributed by atoms with E-state index in [-0.39, 0.29) is 23.6 Å². The van der Waals surface area contributed by atoms with Crippen LogP contribution >= 0.6 is 0 Å². The Morgan fingerprint density at radius 3 is 2.35 bits per heavy atom. The predicted octanol–water partition coefficient (Wildman–Crippen LogP) is 3.31. The van der Waals surface area contributed by atoms with Gasteiger partial charge in [-0.25, -0.2) is 14.0 Å². The fourth-order valence-corrected chi connectivity index (χ4v) is 3.64. The van der Waals surface area contributed by atoms with Crippen molar-refractivity contribution >= 4 is 17.6 Å². The summed E-state index contributed by atoms with van der Waals surface area (Å²) in [5, 5.41) is 0. The van der Waals surface area contributed by atoms with E-state index in [1.807, 2.05) is 24.3 Å². The van der Waals surface area contributed by atoms with Gasteiger partial charge < -0.3 is 14.4 Å². The number of hydrogen-bond acceptors (Lipinski definition) is 6. The first-order chi connectivity index (χ1) is 15.0. The average molecular weight is 426 g/mol. The van der Waals surface area contributed by atoms with E-state index in [0.29, 0.717) is 19.6 Å². The number of rotatable bonds is 7. The van der Waals surface area contributed by atoms with Gasteiger partial charge in [0.1, 0.15) is 11.5 Å². The predicted molar refractivity (Wildman–Crippen MR) is 116 cm³/mol. The summed E-state index contributed by atoms with van der Waals surface area (Å²) >= 11 is 0. The Labute approximate surface area is 181 Å². The SMILES string of the molecule is CCc1cccc(N2CN(CCc3ccc(F)cc3)CC(C(=O)OC)=C2C(=O)OC)c1. The van der Waals surface area contributed by atoms with Crippen LogP contribution in [0.5, 0.6) is 0 Å². The first-order valence-corrected chi connectivity index (χ1v) is 10.2. The molecule has 0 unspecified atom stereocenters. The second kappa shape index (κ2) is 10.2. The zero-order valence-corrected chi connectivity index (χ0v) is 18.1. The van der Waals surface area contributed by atoms with Gasteiger partial charge in [-0.3, -0.25) is 4.90 Å². The van der Waals surface area contributed by atoms with Crippen LogP contribution in [0.1, 0.15) is 18.1 Å². The maximum absolute atomic E-state index is 13.2. The lowest BCUT2D eigenvalue weighted by molar-refractivity contribution is -0.140. The van der Waals surface area contributed by atoms with Gasteiger partial charge in [-0.15, -0.1) is 0 Å². The van der Waals surface area contributed by atoms with E-state index in [1.54, 1.807) is 17.0 Å². The molecule has 3 rings (SSSR count). The van der Waals surface area contributed by atoms with Gasteiger partial charge in [-0.05, 0) is 48.2 Å². The lowest BCUT2D eigenvalue weighted by Crippen LogP contribution is -2.48. The van der Waals surface area contributed by atoms with Crippen LogP contribution in [0.25, 0.3) is 0 Å². The highest BCUT2D eigenvalue weighted by molar-refractivity contribution is 6.03. The molecule has 0 saturated heterocycles. The van der Waals surface area contributed by atoms with Crippen molar-refractivity contribution in [3.05, 3.63) is 76.7 Å². The van der Waals surface area contributed by atoms with Crippen molar-refractivity contribution in [2.45, 2.75) is 19.8 Å². The molecule has 2 aromatic rings. The summed E-state index contributed by atoms with van der Waals surface area (Å²) in [5.41, 5.74) is 3.35. The van der Waals surface area contributed by atoms with Crippen LogP contribution in [0.15, 0.2) is 59.8 Å². The number of anilines is 1. The van der Waals surface area contributed by atoms with Gasteiger partial charge in [0, 0.05) is 18.8 Å². The normalized spacial score (nSPS) is 14.5. The fourth-order valence-electron chi connectivity index (χ4n) is 3.64. The molecule has 0 fully saturated rings. The largest absolute Gasteiger partial charge is 0.466 e. The van der Waals surface area contributed by atoms with E-state index in [0.717, 1.165) is 23.2 Å². The summed E-state index contributed by atoms with van der Waals surface area (Å²) in [7, 11) is 2.59. The summed E-state index contributed by atoms with van der Waals surface area (Å²) in [6.07, 6.45) is 1.52. The van der Waals surface area contributed by atoms with Gasteiger partial charge in [-0.2, -0.15) is 0 Å². The van der Waals surface area contributed by atoms with E-state index >= 15 is 0 Å². The molecule has 0 aromatic heterocycles. The molecule has 2 aromatic carbocycles. The summed E-state index contributed by atoms with van der Waals surface area (Å²) < 4.78 is 23.2. The Morgan fingerprint density at radius 1 is 1.00 bits per heavy atom. The van der Waals surface area contributed by atoms with Crippen LogP contribution in [0.4, 0.5) is 10.1 Å². The molecule has 0 aliphatic carbocycles. The molecule has 1 aliphatic heterocycles. The van der Waals surface area contributed by atoms with Crippen molar-refractivity contribution in [1.29, 1.82) is 0 Å². The minimum atomic E-state index is -0.583. The second-order valence-electron chi connectivity index (χ2n) is 7.33. The standard InChI is InChI=1S/C24H27FN2O4/c1-4-17-6-5-7-20(14-17)27-16-26(13-12-18-8-10-19(25)11-9-18)15-21(23(28)30-2)22(27)24(29)31-3/h5-11,14H,4,12-13,15-16H2,1-3H3. The van der Waals surface area contributed by atoms with Crippen molar-refractivity contribution in [3.63, 3.8) is 0 Å². The molecule has 1 aliphatic rings. The van der Waals surface area contributed by atoms with Crippen LogP contribution in [0.2, 0.25) is 0 Å². The highest BCUT2D eigenvalue weighted by Gasteiger charge is 2.35. The van der Waals surface area contributed by atoms with Gasteiger partial charge in [0.2, 0.25) is 0 Å². The third-order valence-electron chi connectivity index (χ3n) is 5.35. The number of methoxy groups -OCH3 is 2. The van der Waals surface area contributed by atoms with Crippen LogP contribution in [0, 0.1) is 5.82 Å². The summed E-state index contributed by atoms with van der Waals surface area (Å²) in [6.45, 7) is 3.33. The zero-order valence-electron chi connectivity index (χ0n) is 18.1. The minimum Gasteiger partial charge on any atom is -0.466 e. The molecule has 0 radical (unpaired) electrons. The number of ether oxygens (including phenoxy) is 2. The molecule has 1 heterocycles. The zero-order chi connectivity index (χ0) is 22.4. The van der Waals surface area contributed by atoms with Gasteiger partial charge in [0.15, 0.2) is 0 Å². The molecule has 0 amide bonds. The molecule has 31 heavy (non-hydrogen) atoms. The van der Waals surface area contributed by atoms with Crippen molar-refractivity contribution < 1.29 is 23.5 Å². The van der Waals surface area contributed by atoms with Crippen LogP contribution in [-0.4, -0.2) is 50.8 Å². The summed E-state index contributed by atoms with van der Waals surface area (Å²) in [4.78, 5) is 29.1. The molecule has 164 valence electrons. The van der Waals surface area contributed by atoms with E-state index in [4.69, 9.17) is 9.47 Å². The Hall–Kier alpha value is -3.19. The smallest absolute Gasteiger partial charge is 0.355 e. The Morgan fingerprint density at radius 2 is 1.71 bits per heavy atom. The lowest BCUT2D eigenvalue weighted by atomic mass is 10.1. The van der Waals surface area contributed by atoms with Crippen molar-refractivity contribution in [2.75, 3.05) is 38.9 Å². The van der Waals surface area contributed by atoms with E-state index in [1.165, 1.54) is 26.4 Å². The third-order valence-corrected chi connectivity index (χ3v) is 5.35. The number of carbonyl (C=O) groups is 2. The van der Waals surface area contributed by atoms with E-state index < -0.39 is 11.9 Å². The average Bonchev–Trinajstić information content (AvgIpc) is 2.82. The Kier molecular flexibility index (Phi) is 7.41. The van der Waals surface area contributed by atoms with Crippen LogP contribution in [0.3, 0.4) is 0 Å². The molecule has 7 heteroatoms. The van der Waals surface area contributed by atoms with Crippen LogP contribution in [-0.2, 0) is 31.9 Å². The quantitative estimate of drug-likeness (QED) is 0.633. The monoisotopic (exact) mass is 426 g/mol. The first kappa shape index (κ1) is 22.5. The summed E-state index contributed by atoms with van der Waals surface area (Å²) in [5.74, 6) is -1.42. The number of carbonyl (C=O) groups excluding carboxylic acids is 2. The number of hydrogen-bond donors (Lipinski definition) is 0. The maximum atomic E-state index is 13.2. The fraction of sp³-hybridized carbons (Fsp3) is 0.333. The summed E-state index contributed by atoms with van der Waals surface area (Å²) in [6, 6.07) is 14.2. The number of halogens is 1. The van der Waals surface area contributed by atoms with Gasteiger partial charge in [0.05, 0.1) is 26.5 Å². The van der Waals surface area contributed by atoms with E-state index in [2.05, 4.69) is 11.8 Å². The molecule has 0 atom stereocenters. The lowest BCUT2D eigenvalue weighted by Gasteiger charge is -2.38. The first-order valence-electron chi connectivity index (χ1n) is 10.2. The minimum absolute atomic E-state index is 0.195. The Bertz CT molecular complexity index is 972. The van der Waals surface area contributed by atoms with Crippen molar-refractivity contribution in [1.82, 2.24) is 4.90 Å². The maximum Gasteiger partial charge on any atom is 0.355 e. The number of aryl methyl sites for hydroxylation is 1. The van der Waals surface area contributed by atoms with Gasteiger partial charge in [-0.1, -0.05) is 31.2 Å². The Balaban J connectivity index is 1.96. The number of benzene rings is 2. The molecule has 6 nitrogen and oxygen atoms in total. The second-order valence-corrected chi connectivity index (χ2v) is 7.33. The molecule has 0 saturated carbocycles. The van der Waals surface area contributed by atoms with Crippen molar-refractivity contribution in [3.8, 4) is 0 Å². The third kappa shape index (κ3) is 5.30. The van der Waals surface area contributed by atoms with Gasteiger partial charge in [0.25, 0.3) is 0 Å². The topological polar surface area (TPSA) is 59.1 Å². The highest BCUT2D eigenvalue weighted by Crippen LogP contribution is 2.28. The van der Waals surface area contributed by atoms with E-state index in [9.17, 15) is 14.0 Å². The molecule has 0 spiro atoms. The molecule has 0 N–H and O–H groups in total. The molecular formula is C24H27FN2O4. The molecular weight excluding hydrogens is 399 g/mol.